The van der Waals surface area contributed by atoms with E-state index in [0.29, 0.717) is 5.69 Å². The molecule has 2 aliphatic rings. The van der Waals surface area contributed by atoms with Crippen LogP contribution in [0.25, 0.3) is 0 Å². The largest absolute Gasteiger partial charge is 0.336 e. The SMILES string of the molecule is CCCn1ccc(C(=O)N2CCCN(CC3CC3)CC2)n1. The minimum absolute atomic E-state index is 0.0955. The second-order valence-electron chi connectivity index (χ2n) is 6.35. The zero-order chi connectivity index (χ0) is 14.7. The normalized spacial score (nSPS) is 20.5. The van der Waals surface area contributed by atoms with E-state index < -0.39 is 0 Å². The minimum atomic E-state index is 0.0955. The number of hydrogen-bond donors (Lipinski definition) is 0. The molecule has 0 atom stereocenters. The Kier molecular flexibility index (Phi) is 4.58. The van der Waals surface area contributed by atoms with Gasteiger partial charge in [-0.05, 0) is 44.2 Å². The zero-order valence-electron chi connectivity index (χ0n) is 13.0. The quantitative estimate of drug-likeness (QED) is 0.831. The standard InChI is InChI=1S/C16H26N4O/c1-2-7-20-10-6-15(17-20)16(21)19-9-3-8-18(11-12-19)13-14-4-5-14/h6,10,14H,2-5,7-9,11-13H2,1H3. The molecule has 1 aromatic heterocycles. The third-order valence-electron chi connectivity index (χ3n) is 4.40. The summed E-state index contributed by atoms with van der Waals surface area (Å²) in [6.07, 6.45) is 6.82. The van der Waals surface area contributed by atoms with Crippen molar-refractivity contribution >= 4 is 5.91 Å². The Hall–Kier alpha value is -1.36. The highest BCUT2D eigenvalue weighted by Crippen LogP contribution is 2.29. The molecule has 0 radical (unpaired) electrons. The Balaban J connectivity index is 1.55. The van der Waals surface area contributed by atoms with E-state index in [9.17, 15) is 4.79 Å². The van der Waals surface area contributed by atoms with Crippen molar-refractivity contribution in [2.45, 2.75) is 39.2 Å². The number of amides is 1. The molecule has 116 valence electrons. The van der Waals surface area contributed by atoms with Gasteiger partial charge in [-0.2, -0.15) is 5.10 Å². The van der Waals surface area contributed by atoms with E-state index in [2.05, 4.69) is 16.9 Å². The number of nitrogens with zero attached hydrogens (tertiary/aromatic N) is 4. The molecule has 2 fully saturated rings. The molecule has 0 bridgehead atoms. The monoisotopic (exact) mass is 290 g/mol. The van der Waals surface area contributed by atoms with Crippen LogP contribution in [-0.4, -0.2) is 58.2 Å². The molecular formula is C16H26N4O. The van der Waals surface area contributed by atoms with Crippen molar-refractivity contribution in [3.8, 4) is 0 Å². The van der Waals surface area contributed by atoms with E-state index in [4.69, 9.17) is 0 Å². The van der Waals surface area contributed by atoms with Crippen molar-refractivity contribution in [2.24, 2.45) is 5.92 Å². The maximum atomic E-state index is 12.5. The minimum Gasteiger partial charge on any atom is -0.336 e. The summed E-state index contributed by atoms with van der Waals surface area (Å²) in [5, 5.41) is 4.39. The van der Waals surface area contributed by atoms with Crippen LogP contribution in [0.1, 0.15) is 43.1 Å². The van der Waals surface area contributed by atoms with Crippen LogP contribution >= 0.6 is 0 Å². The van der Waals surface area contributed by atoms with Crippen LogP contribution in [0.5, 0.6) is 0 Å². The zero-order valence-corrected chi connectivity index (χ0v) is 13.0. The highest BCUT2D eigenvalue weighted by Gasteiger charge is 2.27. The molecule has 0 aromatic carbocycles. The lowest BCUT2D eigenvalue weighted by Gasteiger charge is -2.21. The molecule has 2 heterocycles. The van der Waals surface area contributed by atoms with Gasteiger partial charge >= 0.3 is 0 Å². The molecule has 0 spiro atoms. The Labute approximate surface area is 126 Å². The summed E-state index contributed by atoms with van der Waals surface area (Å²) >= 11 is 0. The van der Waals surface area contributed by atoms with Gasteiger partial charge in [-0.1, -0.05) is 6.92 Å². The van der Waals surface area contributed by atoms with Gasteiger partial charge in [0, 0.05) is 38.9 Å². The summed E-state index contributed by atoms with van der Waals surface area (Å²) in [7, 11) is 0. The first-order valence-corrected chi connectivity index (χ1v) is 8.31. The third-order valence-corrected chi connectivity index (χ3v) is 4.40. The molecule has 3 rings (SSSR count). The lowest BCUT2D eigenvalue weighted by atomic mass is 10.3. The number of carbonyl (C=O) groups is 1. The van der Waals surface area contributed by atoms with Gasteiger partial charge in [0.2, 0.25) is 0 Å². The van der Waals surface area contributed by atoms with Gasteiger partial charge in [0.1, 0.15) is 5.69 Å². The first-order chi connectivity index (χ1) is 10.3. The Morgan fingerprint density at radius 1 is 1.29 bits per heavy atom. The Morgan fingerprint density at radius 3 is 2.90 bits per heavy atom. The third kappa shape index (κ3) is 3.84. The van der Waals surface area contributed by atoms with Gasteiger partial charge in [0.15, 0.2) is 0 Å². The summed E-state index contributed by atoms with van der Waals surface area (Å²) in [6.45, 7) is 8.07. The van der Waals surface area contributed by atoms with Crippen molar-refractivity contribution in [1.82, 2.24) is 19.6 Å². The summed E-state index contributed by atoms with van der Waals surface area (Å²) in [5.41, 5.74) is 0.596. The fraction of sp³-hybridized carbons (Fsp3) is 0.750. The summed E-state index contributed by atoms with van der Waals surface area (Å²) in [6, 6.07) is 1.85. The molecule has 5 heteroatoms. The van der Waals surface area contributed by atoms with Crippen LogP contribution < -0.4 is 0 Å². The van der Waals surface area contributed by atoms with Crippen LogP contribution in [0.4, 0.5) is 0 Å². The van der Waals surface area contributed by atoms with E-state index in [0.717, 1.165) is 51.5 Å². The van der Waals surface area contributed by atoms with E-state index in [1.54, 1.807) is 0 Å². The number of aromatic nitrogens is 2. The molecular weight excluding hydrogens is 264 g/mol. The van der Waals surface area contributed by atoms with Gasteiger partial charge in [-0.15, -0.1) is 0 Å². The van der Waals surface area contributed by atoms with Crippen LogP contribution in [-0.2, 0) is 6.54 Å². The highest BCUT2D eigenvalue weighted by molar-refractivity contribution is 5.92. The fourth-order valence-electron chi connectivity index (χ4n) is 3.01. The van der Waals surface area contributed by atoms with Gasteiger partial charge in [0.05, 0.1) is 0 Å². The Morgan fingerprint density at radius 2 is 2.14 bits per heavy atom. The van der Waals surface area contributed by atoms with Crippen LogP contribution in [0.3, 0.4) is 0 Å². The van der Waals surface area contributed by atoms with Crippen molar-refractivity contribution in [2.75, 3.05) is 32.7 Å². The van der Waals surface area contributed by atoms with Gasteiger partial charge in [0.25, 0.3) is 5.91 Å². The summed E-state index contributed by atoms with van der Waals surface area (Å²) in [5.74, 6) is 1.02. The average molecular weight is 290 g/mol. The lowest BCUT2D eigenvalue weighted by Crippen LogP contribution is -2.36. The van der Waals surface area contributed by atoms with Gasteiger partial charge in [-0.25, -0.2) is 0 Å². The van der Waals surface area contributed by atoms with Crippen molar-refractivity contribution in [3.05, 3.63) is 18.0 Å². The van der Waals surface area contributed by atoms with Crippen molar-refractivity contribution < 1.29 is 4.79 Å². The van der Waals surface area contributed by atoms with Gasteiger partial charge < -0.3 is 9.80 Å². The number of carbonyl (C=O) groups excluding carboxylic acids is 1. The molecule has 21 heavy (non-hydrogen) atoms. The lowest BCUT2D eigenvalue weighted by molar-refractivity contribution is 0.0754. The molecule has 1 aliphatic carbocycles. The Bertz CT molecular complexity index is 480. The molecule has 1 aromatic rings. The predicted octanol–water partition coefficient (Wildman–Crippen LogP) is 1.85. The molecule has 1 saturated heterocycles. The second kappa shape index (κ2) is 6.60. The number of aryl methyl sites for hydroxylation is 1. The van der Waals surface area contributed by atoms with Crippen LogP contribution in [0, 0.1) is 5.92 Å². The molecule has 0 N–H and O–H groups in total. The van der Waals surface area contributed by atoms with Crippen molar-refractivity contribution in [1.29, 1.82) is 0 Å². The van der Waals surface area contributed by atoms with E-state index in [1.807, 2.05) is 21.8 Å². The first-order valence-electron chi connectivity index (χ1n) is 8.31. The predicted molar refractivity (Wildman–Crippen MR) is 82.2 cm³/mol. The topological polar surface area (TPSA) is 41.4 Å². The fourth-order valence-corrected chi connectivity index (χ4v) is 3.01. The van der Waals surface area contributed by atoms with Crippen molar-refractivity contribution in [3.63, 3.8) is 0 Å². The summed E-state index contributed by atoms with van der Waals surface area (Å²) in [4.78, 5) is 17.0. The highest BCUT2D eigenvalue weighted by atomic mass is 16.2. The molecule has 1 aliphatic heterocycles. The van der Waals surface area contributed by atoms with Gasteiger partial charge in [-0.3, -0.25) is 9.48 Å². The molecule has 5 nitrogen and oxygen atoms in total. The summed E-state index contributed by atoms with van der Waals surface area (Å²) < 4.78 is 1.87. The maximum Gasteiger partial charge on any atom is 0.274 e. The van der Waals surface area contributed by atoms with E-state index in [1.165, 1.54) is 19.4 Å². The smallest absolute Gasteiger partial charge is 0.274 e. The molecule has 0 unspecified atom stereocenters. The average Bonchev–Trinajstić information content (AvgIpc) is 3.23. The van der Waals surface area contributed by atoms with Crippen LogP contribution in [0.15, 0.2) is 12.3 Å². The first kappa shape index (κ1) is 14.6. The number of rotatable bonds is 5. The number of hydrogen-bond acceptors (Lipinski definition) is 3. The molecule has 1 amide bonds. The van der Waals surface area contributed by atoms with Crippen LogP contribution in [0.2, 0.25) is 0 Å². The second-order valence-corrected chi connectivity index (χ2v) is 6.35. The van der Waals surface area contributed by atoms with E-state index >= 15 is 0 Å². The molecule has 1 saturated carbocycles. The van der Waals surface area contributed by atoms with E-state index in [-0.39, 0.29) is 5.91 Å². The maximum absolute atomic E-state index is 12.5.